The molecule has 6 heteroatoms. The Morgan fingerprint density at radius 2 is 1.96 bits per heavy atom. The summed E-state index contributed by atoms with van der Waals surface area (Å²) in [6, 6.07) is 8.32. The van der Waals surface area contributed by atoms with E-state index in [1.165, 1.54) is 17.5 Å². The minimum absolute atomic E-state index is 0. The van der Waals surface area contributed by atoms with Gasteiger partial charge in [0, 0.05) is 19.6 Å². The molecule has 2 N–H and O–H groups in total. The lowest BCUT2D eigenvalue weighted by Gasteiger charge is -2.27. The second kappa shape index (κ2) is 11.3. The third-order valence-electron chi connectivity index (χ3n) is 3.96. The zero-order valence-electron chi connectivity index (χ0n) is 14.7. The molecule has 5 nitrogen and oxygen atoms in total. The summed E-state index contributed by atoms with van der Waals surface area (Å²) in [5.41, 5.74) is 2.40. The molecule has 0 aromatic heterocycles. The lowest BCUT2D eigenvalue weighted by Crippen LogP contribution is -2.46. The molecule has 1 aromatic rings. The van der Waals surface area contributed by atoms with Crippen molar-refractivity contribution in [1.29, 1.82) is 0 Å². The normalized spacial score (nSPS) is 14.8. The van der Waals surface area contributed by atoms with Crippen LogP contribution >= 0.6 is 24.0 Å². The van der Waals surface area contributed by atoms with Crippen LogP contribution in [0.1, 0.15) is 37.3 Å². The summed E-state index contributed by atoms with van der Waals surface area (Å²) in [6.45, 7) is 7.56. The predicted molar refractivity (Wildman–Crippen MR) is 110 cm³/mol. The van der Waals surface area contributed by atoms with Crippen molar-refractivity contribution in [3.63, 3.8) is 0 Å². The smallest absolute Gasteiger partial charge is 0.241 e. The van der Waals surface area contributed by atoms with Gasteiger partial charge in [-0.3, -0.25) is 4.79 Å². The van der Waals surface area contributed by atoms with Crippen LogP contribution in [0.3, 0.4) is 0 Å². The van der Waals surface area contributed by atoms with Crippen LogP contribution in [-0.4, -0.2) is 42.9 Å². The number of hydrogen-bond donors (Lipinski definition) is 2. The molecule has 1 amide bonds. The second-order valence-electron chi connectivity index (χ2n) is 5.98. The first-order chi connectivity index (χ1) is 11.2. The van der Waals surface area contributed by atoms with Gasteiger partial charge >= 0.3 is 0 Å². The number of rotatable bonds is 5. The predicted octanol–water partition coefficient (Wildman–Crippen LogP) is 2.68. The van der Waals surface area contributed by atoms with Crippen molar-refractivity contribution in [2.75, 3.05) is 26.2 Å². The van der Waals surface area contributed by atoms with Crippen LogP contribution in [0.15, 0.2) is 29.3 Å². The van der Waals surface area contributed by atoms with Crippen LogP contribution in [0, 0.1) is 6.92 Å². The van der Waals surface area contributed by atoms with Gasteiger partial charge < -0.3 is 15.5 Å². The summed E-state index contributed by atoms with van der Waals surface area (Å²) in [5.74, 6) is 0.852. The number of benzene rings is 1. The van der Waals surface area contributed by atoms with Crippen LogP contribution in [0.5, 0.6) is 0 Å². The van der Waals surface area contributed by atoms with E-state index < -0.39 is 0 Å². The number of aryl methyl sites for hydroxylation is 1. The highest BCUT2D eigenvalue weighted by Gasteiger charge is 2.16. The number of nitrogens with one attached hydrogen (secondary N) is 2. The quantitative estimate of drug-likeness (QED) is 0.417. The van der Waals surface area contributed by atoms with E-state index in [-0.39, 0.29) is 29.9 Å². The van der Waals surface area contributed by atoms with Crippen molar-refractivity contribution in [3.8, 4) is 0 Å². The maximum absolute atomic E-state index is 12.2. The number of carbonyl (C=O) groups is 1. The lowest BCUT2D eigenvalue weighted by atomic mass is 10.1. The molecule has 2 rings (SSSR count). The fourth-order valence-electron chi connectivity index (χ4n) is 2.74. The average Bonchev–Trinajstić information content (AvgIpc) is 2.58. The van der Waals surface area contributed by atoms with Crippen LogP contribution in [-0.2, 0) is 11.3 Å². The van der Waals surface area contributed by atoms with Crippen molar-refractivity contribution in [3.05, 3.63) is 35.4 Å². The minimum Gasteiger partial charge on any atom is -0.357 e. The molecule has 0 saturated carbocycles. The monoisotopic (exact) mass is 444 g/mol. The van der Waals surface area contributed by atoms with Gasteiger partial charge in [0.05, 0.1) is 13.1 Å². The Labute approximate surface area is 162 Å². The zero-order chi connectivity index (χ0) is 16.5. The molecular formula is C18H29IN4O. The molecule has 0 radical (unpaired) electrons. The number of hydrogen-bond acceptors (Lipinski definition) is 2. The molecule has 1 saturated heterocycles. The van der Waals surface area contributed by atoms with Crippen molar-refractivity contribution >= 4 is 35.8 Å². The zero-order valence-corrected chi connectivity index (χ0v) is 17.0. The largest absolute Gasteiger partial charge is 0.357 e. The molecule has 134 valence electrons. The first kappa shape index (κ1) is 20.7. The number of nitrogens with zero attached hydrogens (tertiary/aromatic N) is 2. The minimum atomic E-state index is 0. The Morgan fingerprint density at radius 3 is 2.62 bits per heavy atom. The summed E-state index contributed by atoms with van der Waals surface area (Å²) in [7, 11) is 0. The van der Waals surface area contributed by atoms with E-state index in [4.69, 9.17) is 0 Å². The number of halogens is 1. The Kier molecular flexibility index (Phi) is 9.75. The highest BCUT2D eigenvalue weighted by atomic mass is 127. The number of amides is 1. The molecule has 0 spiro atoms. The Bertz CT molecular complexity index is 542. The van der Waals surface area contributed by atoms with E-state index in [1.807, 2.05) is 17.9 Å². The van der Waals surface area contributed by atoms with Gasteiger partial charge in [0.2, 0.25) is 5.91 Å². The van der Waals surface area contributed by atoms with Gasteiger partial charge in [-0.25, -0.2) is 4.99 Å². The molecule has 0 atom stereocenters. The van der Waals surface area contributed by atoms with Crippen molar-refractivity contribution < 1.29 is 4.79 Å². The maximum Gasteiger partial charge on any atom is 0.241 e. The van der Waals surface area contributed by atoms with Gasteiger partial charge in [-0.2, -0.15) is 0 Å². The van der Waals surface area contributed by atoms with Gasteiger partial charge in [0.1, 0.15) is 0 Å². The first-order valence-corrected chi connectivity index (χ1v) is 8.54. The Morgan fingerprint density at radius 1 is 1.21 bits per heavy atom. The number of guanidine groups is 1. The summed E-state index contributed by atoms with van der Waals surface area (Å²) in [6.07, 6.45) is 3.47. The van der Waals surface area contributed by atoms with Crippen LogP contribution < -0.4 is 10.6 Å². The molecule has 0 unspecified atom stereocenters. The molecule has 1 heterocycles. The molecule has 24 heavy (non-hydrogen) atoms. The third-order valence-corrected chi connectivity index (χ3v) is 3.96. The molecule has 1 aromatic carbocycles. The van der Waals surface area contributed by atoms with Crippen LogP contribution in [0.4, 0.5) is 0 Å². The maximum atomic E-state index is 12.2. The van der Waals surface area contributed by atoms with E-state index >= 15 is 0 Å². The van der Waals surface area contributed by atoms with Crippen LogP contribution in [0.25, 0.3) is 0 Å². The Balaban J connectivity index is 0.00000288. The summed E-state index contributed by atoms with van der Waals surface area (Å²) in [5, 5.41) is 6.34. The van der Waals surface area contributed by atoms with Gasteiger partial charge in [-0.15, -0.1) is 24.0 Å². The molecular weight excluding hydrogens is 415 g/mol. The lowest BCUT2D eigenvalue weighted by molar-refractivity contribution is -0.130. The number of piperidine rings is 1. The van der Waals surface area contributed by atoms with Crippen molar-refractivity contribution in [2.24, 2.45) is 4.99 Å². The standard InChI is InChI=1S/C18H28N4O.HI/c1-3-19-18(20-13-16-9-7-8-15(2)12-16)21-14-17(23)22-10-5-4-6-11-22;/h7-9,12H,3-6,10-11,13-14H2,1-2H3,(H2,19,20,21);1H. The summed E-state index contributed by atoms with van der Waals surface area (Å²) < 4.78 is 0. The van der Waals surface area contributed by atoms with Crippen LogP contribution in [0.2, 0.25) is 0 Å². The van der Waals surface area contributed by atoms with E-state index in [0.29, 0.717) is 19.0 Å². The summed E-state index contributed by atoms with van der Waals surface area (Å²) in [4.78, 5) is 18.7. The van der Waals surface area contributed by atoms with E-state index in [0.717, 1.165) is 32.5 Å². The Hall–Kier alpha value is -1.31. The van der Waals surface area contributed by atoms with Crippen molar-refractivity contribution in [2.45, 2.75) is 39.7 Å². The molecule has 0 aliphatic carbocycles. The first-order valence-electron chi connectivity index (χ1n) is 8.54. The number of aliphatic imine (C=N–C) groups is 1. The van der Waals surface area contributed by atoms with E-state index in [2.05, 4.69) is 40.7 Å². The fourth-order valence-corrected chi connectivity index (χ4v) is 2.74. The third kappa shape index (κ3) is 7.07. The number of carbonyl (C=O) groups excluding carboxylic acids is 1. The topological polar surface area (TPSA) is 56.7 Å². The van der Waals surface area contributed by atoms with Gasteiger partial charge in [-0.05, 0) is 38.7 Å². The van der Waals surface area contributed by atoms with Gasteiger partial charge in [-0.1, -0.05) is 29.8 Å². The fraction of sp³-hybridized carbons (Fsp3) is 0.556. The molecule has 0 bridgehead atoms. The van der Waals surface area contributed by atoms with E-state index in [1.54, 1.807) is 0 Å². The number of likely N-dealkylation sites (tertiary alicyclic amines) is 1. The second-order valence-corrected chi connectivity index (χ2v) is 5.98. The van der Waals surface area contributed by atoms with Crippen molar-refractivity contribution in [1.82, 2.24) is 15.5 Å². The average molecular weight is 444 g/mol. The van der Waals surface area contributed by atoms with Gasteiger partial charge in [0.15, 0.2) is 5.96 Å². The molecule has 1 aliphatic heterocycles. The molecule has 1 fully saturated rings. The van der Waals surface area contributed by atoms with Gasteiger partial charge in [0.25, 0.3) is 0 Å². The molecule has 1 aliphatic rings. The van der Waals surface area contributed by atoms with E-state index in [9.17, 15) is 4.79 Å². The summed E-state index contributed by atoms with van der Waals surface area (Å²) >= 11 is 0. The highest BCUT2D eigenvalue weighted by molar-refractivity contribution is 14.0. The highest BCUT2D eigenvalue weighted by Crippen LogP contribution is 2.08. The SMILES string of the molecule is CCNC(=NCc1cccc(C)c1)NCC(=O)N1CCCCC1.I.